The predicted molar refractivity (Wildman–Crippen MR) is 70.0 cm³/mol. The number of hydrogen-bond acceptors (Lipinski definition) is 2. The van der Waals surface area contributed by atoms with Gasteiger partial charge in [-0.05, 0) is 36.3 Å². The van der Waals surface area contributed by atoms with E-state index >= 15 is 0 Å². The van der Waals surface area contributed by atoms with Crippen LogP contribution in [0.3, 0.4) is 0 Å². The second-order valence-corrected chi connectivity index (χ2v) is 5.25. The van der Waals surface area contributed by atoms with E-state index in [9.17, 15) is 8.78 Å². The van der Waals surface area contributed by atoms with Gasteiger partial charge in [-0.15, -0.1) is 11.3 Å². The largest absolute Gasteiger partial charge is 0.307 e. The molecule has 0 saturated carbocycles. The van der Waals surface area contributed by atoms with Gasteiger partial charge in [-0.25, -0.2) is 8.78 Å². The lowest BCUT2D eigenvalue weighted by Gasteiger charge is -2.04. The second kappa shape index (κ2) is 7.77. The van der Waals surface area contributed by atoms with Crippen molar-refractivity contribution in [3.8, 4) is 0 Å². The number of halogens is 2. The van der Waals surface area contributed by atoms with Gasteiger partial charge in [-0.1, -0.05) is 19.8 Å². The molecule has 0 aliphatic heterocycles. The van der Waals surface area contributed by atoms with Crippen molar-refractivity contribution in [2.75, 3.05) is 6.54 Å². The molecule has 17 heavy (non-hydrogen) atoms. The van der Waals surface area contributed by atoms with Crippen molar-refractivity contribution in [1.82, 2.24) is 5.32 Å². The van der Waals surface area contributed by atoms with Gasteiger partial charge >= 0.3 is 0 Å². The molecule has 0 fully saturated rings. The predicted octanol–water partition coefficient (Wildman–Crippen LogP) is 4.14. The van der Waals surface area contributed by atoms with Crippen LogP contribution in [-0.2, 0) is 13.0 Å². The first kappa shape index (κ1) is 14.6. The molecule has 1 rings (SSSR count). The molecule has 4 heteroatoms. The molecule has 1 aromatic heterocycles. The molecule has 0 aromatic carbocycles. The fraction of sp³-hybridized carbons (Fsp3) is 0.692. The average Bonchev–Trinajstić information content (AvgIpc) is 2.61. The molecule has 0 spiro atoms. The van der Waals surface area contributed by atoms with Gasteiger partial charge in [-0.3, -0.25) is 0 Å². The smallest absolute Gasteiger partial charge is 0.250 e. The number of nitrogens with one attached hydrogen (secondary N) is 1. The maximum Gasteiger partial charge on any atom is 0.250 e. The molecular formula is C13H21F2NS. The topological polar surface area (TPSA) is 12.0 Å². The molecule has 1 N–H and O–H groups in total. The van der Waals surface area contributed by atoms with Gasteiger partial charge in [0.05, 0.1) is 6.54 Å². The van der Waals surface area contributed by atoms with E-state index in [4.69, 9.17) is 0 Å². The van der Waals surface area contributed by atoms with Crippen LogP contribution in [0.25, 0.3) is 0 Å². The number of rotatable bonds is 8. The van der Waals surface area contributed by atoms with Gasteiger partial charge < -0.3 is 5.32 Å². The van der Waals surface area contributed by atoms with Crippen molar-refractivity contribution >= 4 is 11.3 Å². The zero-order valence-corrected chi connectivity index (χ0v) is 11.4. The van der Waals surface area contributed by atoms with Gasteiger partial charge in [0.2, 0.25) is 0 Å². The van der Waals surface area contributed by atoms with Gasteiger partial charge in [0.1, 0.15) is 0 Å². The highest BCUT2D eigenvalue weighted by Gasteiger charge is 2.08. The summed E-state index contributed by atoms with van der Waals surface area (Å²) >= 11 is 1.76. The van der Waals surface area contributed by atoms with E-state index < -0.39 is 6.43 Å². The Labute approximate surface area is 106 Å². The van der Waals surface area contributed by atoms with E-state index in [2.05, 4.69) is 24.5 Å². The van der Waals surface area contributed by atoms with Crippen molar-refractivity contribution in [2.45, 2.75) is 52.5 Å². The van der Waals surface area contributed by atoms with Crippen LogP contribution in [0.5, 0.6) is 0 Å². The molecule has 98 valence electrons. The minimum atomic E-state index is -2.27. The van der Waals surface area contributed by atoms with Crippen LogP contribution in [0.1, 0.15) is 42.2 Å². The number of unbranched alkanes of at least 4 members (excludes halogenated alkanes) is 2. The maximum atomic E-state index is 12.0. The Bertz CT molecular complexity index is 323. The van der Waals surface area contributed by atoms with E-state index in [1.54, 1.807) is 11.3 Å². The first-order valence-corrected chi connectivity index (χ1v) is 7.07. The average molecular weight is 261 g/mol. The third-order valence-corrected chi connectivity index (χ3v) is 4.06. The van der Waals surface area contributed by atoms with E-state index in [1.165, 1.54) is 35.3 Å². The van der Waals surface area contributed by atoms with Crippen LogP contribution in [0, 0.1) is 6.92 Å². The first-order chi connectivity index (χ1) is 8.15. The van der Waals surface area contributed by atoms with E-state index in [1.807, 2.05) is 0 Å². The summed E-state index contributed by atoms with van der Waals surface area (Å²) in [6.07, 6.45) is 2.57. The monoisotopic (exact) mass is 261 g/mol. The molecular weight excluding hydrogens is 240 g/mol. The molecule has 1 nitrogen and oxygen atoms in total. The Morgan fingerprint density at radius 1 is 1.35 bits per heavy atom. The van der Waals surface area contributed by atoms with Crippen LogP contribution in [0.4, 0.5) is 8.78 Å². The van der Waals surface area contributed by atoms with Crippen LogP contribution < -0.4 is 5.32 Å². The highest BCUT2D eigenvalue weighted by molar-refractivity contribution is 7.10. The summed E-state index contributed by atoms with van der Waals surface area (Å²) in [5.74, 6) is 0. The summed E-state index contributed by atoms with van der Waals surface area (Å²) in [5.41, 5.74) is 2.45. The summed E-state index contributed by atoms with van der Waals surface area (Å²) < 4.78 is 24.0. The Morgan fingerprint density at radius 3 is 2.76 bits per heavy atom. The summed E-state index contributed by atoms with van der Waals surface area (Å²) in [6.45, 7) is 4.62. The van der Waals surface area contributed by atoms with E-state index in [-0.39, 0.29) is 6.54 Å². The summed E-state index contributed by atoms with van der Waals surface area (Å²) in [5, 5.41) is 4.87. The number of thiophene rings is 1. The van der Waals surface area contributed by atoms with Crippen molar-refractivity contribution in [2.24, 2.45) is 0 Å². The van der Waals surface area contributed by atoms with Gasteiger partial charge in [0.25, 0.3) is 6.43 Å². The van der Waals surface area contributed by atoms with Crippen LogP contribution in [0.15, 0.2) is 5.38 Å². The quantitative estimate of drug-likeness (QED) is 0.693. The Hall–Kier alpha value is -0.480. The number of aryl methyl sites for hydroxylation is 1. The van der Waals surface area contributed by atoms with Crippen molar-refractivity contribution in [1.29, 1.82) is 0 Å². The van der Waals surface area contributed by atoms with Gasteiger partial charge in [0, 0.05) is 11.4 Å². The Balaban J connectivity index is 2.40. The van der Waals surface area contributed by atoms with Crippen molar-refractivity contribution < 1.29 is 8.78 Å². The molecule has 0 atom stereocenters. The Kier molecular flexibility index (Phi) is 6.66. The summed E-state index contributed by atoms with van der Waals surface area (Å²) in [4.78, 5) is 1.41. The highest BCUT2D eigenvalue weighted by Crippen LogP contribution is 2.23. The van der Waals surface area contributed by atoms with E-state index in [0.717, 1.165) is 6.42 Å². The van der Waals surface area contributed by atoms with Gasteiger partial charge in [-0.2, -0.15) is 0 Å². The molecule has 0 aliphatic rings. The third-order valence-electron chi connectivity index (χ3n) is 2.86. The molecule has 0 aliphatic carbocycles. The fourth-order valence-electron chi connectivity index (χ4n) is 1.77. The minimum absolute atomic E-state index is 0.222. The molecule has 0 radical (unpaired) electrons. The van der Waals surface area contributed by atoms with Crippen LogP contribution in [-0.4, -0.2) is 13.0 Å². The molecule has 1 aromatic rings. The molecule has 0 saturated heterocycles. The standard InChI is InChI=1S/C13H21F2NS/c1-3-4-5-6-12-10(2)11(9-17-12)7-16-8-13(14)15/h9,13,16H,3-8H2,1-2H3. The van der Waals surface area contributed by atoms with Crippen LogP contribution in [0.2, 0.25) is 0 Å². The molecule has 0 unspecified atom stereocenters. The molecule has 0 bridgehead atoms. The summed E-state index contributed by atoms with van der Waals surface area (Å²) in [7, 11) is 0. The van der Waals surface area contributed by atoms with Crippen LogP contribution >= 0.6 is 11.3 Å². The molecule has 0 amide bonds. The maximum absolute atomic E-state index is 12.0. The zero-order chi connectivity index (χ0) is 12.7. The fourth-order valence-corrected chi connectivity index (χ4v) is 2.88. The first-order valence-electron chi connectivity index (χ1n) is 6.19. The van der Waals surface area contributed by atoms with Crippen molar-refractivity contribution in [3.63, 3.8) is 0 Å². The minimum Gasteiger partial charge on any atom is -0.307 e. The number of hydrogen-bond donors (Lipinski definition) is 1. The third kappa shape index (κ3) is 5.13. The SMILES string of the molecule is CCCCCc1scc(CNCC(F)F)c1C. The number of alkyl halides is 2. The second-order valence-electron chi connectivity index (χ2n) is 4.29. The normalized spacial score (nSPS) is 11.4. The lowest BCUT2D eigenvalue weighted by molar-refractivity contribution is 0.145. The summed E-state index contributed by atoms with van der Waals surface area (Å²) in [6, 6.07) is 0. The highest BCUT2D eigenvalue weighted by atomic mass is 32.1. The Morgan fingerprint density at radius 2 is 2.12 bits per heavy atom. The lowest BCUT2D eigenvalue weighted by atomic mass is 10.1. The molecule has 1 heterocycles. The van der Waals surface area contributed by atoms with Crippen molar-refractivity contribution in [3.05, 3.63) is 21.4 Å². The lowest BCUT2D eigenvalue weighted by Crippen LogP contribution is -2.20. The van der Waals surface area contributed by atoms with E-state index in [0.29, 0.717) is 6.54 Å². The van der Waals surface area contributed by atoms with Gasteiger partial charge in [0.15, 0.2) is 0 Å². The zero-order valence-electron chi connectivity index (χ0n) is 10.6.